The fraction of sp³-hybridized carbons (Fsp3) is 0. The third kappa shape index (κ3) is 1.59. The summed E-state index contributed by atoms with van der Waals surface area (Å²) in [6.07, 6.45) is 1.40. The molecular formula is C7H3BClF3NS-. The van der Waals surface area contributed by atoms with Gasteiger partial charge in [-0.2, -0.15) is 11.3 Å². The molecule has 0 bridgehead atoms. The molecule has 0 atom stereocenters. The molecule has 0 aliphatic heterocycles. The highest BCUT2D eigenvalue weighted by Gasteiger charge is 2.28. The monoisotopic (exact) mass is 236 g/mol. The molecule has 2 aromatic rings. The number of fused-ring (bicyclic) bond motifs is 1. The van der Waals surface area contributed by atoms with E-state index in [2.05, 4.69) is 4.98 Å². The van der Waals surface area contributed by atoms with Gasteiger partial charge in [0.2, 0.25) is 0 Å². The summed E-state index contributed by atoms with van der Waals surface area (Å²) in [6, 6.07) is 2.58. The Morgan fingerprint density at radius 2 is 2.07 bits per heavy atom. The molecule has 0 fully saturated rings. The lowest BCUT2D eigenvalue weighted by Gasteiger charge is -2.09. The molecule has 0 amide bonds. The first-order chi connectivity index (χ1) is 6.48. The smallest absolute Gasteiger partial charge is 0.444 e. The first-order valence-corrected chi connectivity index (χ1v) is 4.92. The van der Waals surface area contributed by atoms with E-state index in [-0.39, 0.29) is 5.15 Å². The predicted molar refractivity (Wildman–Crippen MR) is 53.3 cm³/mol. The van der Waals surface area contributed by atoms with Gasteiger partial charge in [0.05, 0.1) is 0 Å². The Kier molecular flexibility index (Phi) is 2.19. The minimum atomic E-state index is -4.94. The number of thiophene rings is 1. The van der Waals surface area contributed by atoms with E-state index in [0.717, 1.165) is 6.07 Å². The number of halogens is 4. The van der Waals surface area contributed by atoms with E-state index in [1.54, 1.807) is 0 Å². The Bertz CT molecular complexity index is 481. The Morgan fingerprint density at radius 3 is 2.64 bits per heavy atom. The van der Waals surface area contributed by atoms with Crippen LogP contribution in [0.15, 0.2) is 18.3 Å². The van der Waals surface area contributed by atoms with Crippen LogP contribution in [0.2, 0.25) is 5.15 Å². The van der Waals surface area contributed by atoms with Crippen LogP contribution >= 0.6 is 22.9 Å². The van der Waals surface area contributed by atoms with Gasteiger partial charge < -0.3 is 12.9 Å². The summed E-state index contributed by atoms with van der Waals surface area (Å²) in [7, 11) is 0. The molecule has 0 aliphatic carbocycles. The molecule has 2 heterocycles. The maximum absolute atomic E-state index is 12.4. The average molecular weight is 236 g/mol. The molecule has 74 valence electrons. The van der Waals surface area contributed by atoms with Gasteiger partial charge in [-0.3, -0.25) is 0 Å². The summed E-state index contributed by atoms with van der Waals surface area (Å²) in [5, 5.41) is 0.485. The highest BCUT2D eigenvalue weighted by molar-refractivity contribution is 7.29. The molecule has 14 heavy (non-hydrogen) atoms. The SMILES string of the molecule is F[B-](F)(F)c1cc2c(Cl)nccc2s1. The summed E-state index contributed by atoms with van der Waals surface area (Å²) in [4.78, 5) is 3.71. The van der Waals surface area contributed by atoms with Crippen LogP contribution < -0.4 is 4.78 Å². The van der Waals surface area contributed by atoms with Gasteiger partial charge in [-0.1, -0.05) is 22.4 Å². The number of aromatic nitrogens is 1. The third-order valence-electron chi connectivity index (χ3n) is 1.74. The normalized spacial score (nSPS) is 12.3. The zero-order chi connectivity index (χ0) is 10.3. The van der Waals surface area contributed by atoms with E-state index in [9.17, 15) is 12.9 Å². The van der Waals surface area contributed by atoms with Gasteiger partial charge in [-0.05, 0) is 6.07 Å². The van der Waals surface area contributed by atoms with Crippen molar-refractivity contribution in [2.75, 3.05) is 0 Å². The molecule has 0 saturated heterocycles. The summed E-state index contributed by atoms with van der Waals surface area (Å²) >= 11 is 6.35. The van der Waals surface area contributed by atoms with Gasteiger partial charge >= 0.3 is 6.98 Å². The van der Waals surface area contributed by atoms with Crippen LogP contribution in [0.3, 0.4) is 0 Å². The second-order valence-electron chi connectivity index (χ2n) is 2.74. The Balaban J connectivity index is 2.69. The van der Waals surface area contributed by atoms with Crippen molar-refractivity contribution in [2.45, 2.75) is 0 Å². The number of rotatable bonds is 1. The van der Waals surface area contributed by atoms with Crippen molar-refractivity contribution in [2.24, 2.45) is 0 Å². The van der Waals surface area contributed by atoms with Gasteiger partial charge in [0.1, 0.15) is 5.15 Å². The van der Waals surface area contributed by atoms with Crippen LogP contribution in [-0.4, -0.2) is 12.0 Å². The van der Waals surface area contributed by atoms with Gasteiger partial charge in [-0.15, -0.1) is 0 Å². The van der Waals surface area contributed by atoms with Crippen molar-refractivity contribution >= 4 is 44.8 Å². The number of hydrogen-bond acceptors (Lipinski definition) is 2. The van der Waals surface area contributed by atoms with E-state index >= 15 is 0 Å². The Hall–Kier alpha value is -0.745. The van der Waals surface area contributed by atoms with Crippen molar-refractivity contribution < 1.29 is 12.9 Å². The van der Waals surface area contributed by atoms with E-state index in [1.165, 1.54) is 12.3 Å². The van der Waals surface area contributed by atoms with Gasteiger partial charge in [0.25, 0.3) is 0 Å². The van der Waals surface area contributed by atoms with Crippen LogP contribution in [-0.2, 0) is 0 Å². The largest absolute Gasteiger partial charge is 0.519 e. The van der Waals surface area contributed by atoms with Crippen molar-refractivity contribution in [3.8, 4) is 0 Å². The zero-order valence-corrected chi connectivity index (χ0v) is 8.25. The predicted octanol–water partition coefficient (Wildman–Crippen LogP) is 3.00. The molecule has 7 heteroatoms. The van der Waals surface area contributed by atoms with Crippen molar-refractivity contribution in [1.29, 1.82) is 0 Å². The first-order valence-electron chi connectivity index (χ1n) is 3.72. The molecule has 2 rings (SSSR count). The molecule has 0 saturated carbocycles. The van der Waals surface area contributed by atoms with Crippen LogP contribution in [0.5, 0.6) is 0 Å². The second kappa shape index (κ2) is 3.13. The first kappa shape index (κ1) is 9.80. The zero-order valence-electron chi connectivity index (χ0n) is 6.68. The van der Waals surface area contributed by atoms with Gasteiger partial charge in [0.15, 0.2) is 0 Å². The van der Waals surface area contributed by atoms with Crippen LogP contribution in [0.1, 0.15) is 0 Å². The molecule has 0 aliphatic rings. The van der Waals surface area contributed by atoms with Crippen LogP contribution in [0.25, 0.3) is 10.1 Å². The van der Waals surface area contributed by atoms with Gasteiger partial charge in [-0.25, -0.2) is 4.98 Å². The Labute approximate surface area is 86.6 Å². The highest BCUT2D eigenvalue weighted by atomic mass is 35.5. The van der Waals surface area contributed by atoms with Crippen molar-refractivity contribution in [3.63, 3.8) is 0 Å². The second-order valence-corrected chi connectivity index (χ2v) is 4.21. The number of nitrogens with zero attached hydrogens (tertiary/aromatic N) is 1. The average Bonchev–Trinajstić information content (AvgIpc) is 2.48. The lowest BCUT2D eigenvalue weighted by atomic mass is 9.89. The number of pyridine rings is 1. The van der Waals surface area contributed by atoms with Crippen molar-refractivity contribution in [3.05, 3.63) is 23.5 Å². The highest BCUT2D eigenvalue weighted by Crippen LogP contribution is 2.27. The molecule has 1 nitrogen and oxygen atoms in total. The van der Waals surface area contributed by atoms with Gasteiger partial charge in [0, 0.05) is 16.3 Å². The minimum Gasteiger partial charge on any atom is -0.444 e. The van der Waals surface area contributed by atoms with Crippen molar-refractivity contribution in [1.82, 2.24) is 4.98 Å². The quantitative estimate of drug-likeness (QED) is 0.548. The minimum absolute atomic E-state index is 0.116. The lowest BCUT2D eigenvalue weighted by Crippen LogP contribution is -2.30. The van der Waals surface area contributed by atoms with E-state index in [1.807, 2.05) is 0 Å². The molecular weight excluding hydrogens is 233 g/mol. The van der Waals surface area contributed by atoms with Crippen LogP contribution in [0.4, 0.5) is 12.9 Å². The summed E-state index contributed by atoms with van der Waals surface area (Å²) in [6.45, 7) is -4.94. The summed E-state index contributed by atoms with van der Waals surface area (Å²) < 4.78 is 37.0. The van der Waals surface area contributed by atoms with Crippen LogP contribution in [0, 0.1) is 0 Å². The topological polar surface area (TPSA) is 12.9 Å². The fourth-order valence-corrected chi connectivity index (χ4v) is 2.34. The van der Waals surface area contributed by atoms with E-state index < -0.39 is 11.8 Å². The molecule has 0 N–H and O–H groups in total. The number of hydrogen-bond donors (Lipinski definition) is 0. The van der Waals surface area contributed by atoms with E-state index in [0.29, 0.717) is 21.4 Å². The maximum Gasteiger partial charge on any atom is 0.519 e. The summed E-state index contributed by atoms with van der Waals surface area (Å²) in [5.74, 6) is 0. The molecule has 0 unspecified atom stereocenters. The molecule has 2 aromatic heterocycles. The standard InChI is InChI=1S/C7H3BClF3NS/c9-7-4-3-6(8(10,11)12)14-5(4)1-2-13-7/h1-3H/q-1. The molecule has 0 radical (unpaired) electrons. The summed E-state index contributed by atoms with van der Waals surface area (Å²) in [5.41, 5.74) is 0. The lowest BCUT2D eigenvalue weighted by molar-refractivity contribution is 0.503. The maximum atomic E-state index is 12.4. The third-order valence-corrected chi connectivity index (χ3v) is 3.24. The fourth-order valence-electron chi connectivity index (χ4n) is 1.11. The Morgan fingerprint density at radius 1 is 1.36 bits per heavy atom. The molecule has 0 aromatic carbocycles. The van der Waals surface area contributed by atoms with E-state index in [4.69, 9.17) is 11.6 Å². The molecule has 0 spiro atoms.